The van der Waals surface area contributed by atoms with E-state index < -0.39 is 17.6 Å². The number of hydrogen-bond donors (Lipinski definition) is 2. The van der Waals surface area contributed by atoms with Crippen LogP contribution < -0.4 is 5.73 Å². The number of hydrogen-bond acceptors (Lipinski definition) is 2. The van der Waals surface area contributed by atoms with Crippen molar-refractivity contribution >= 4 is 5.84 Å². The van der Waals surface area contributed by atoms with E-state index in [1.807, 2.05) is 0 Å². The zero-order valence-corrected chi connectivity index (χ0v) is 9.99. The van der Waals surface area contributed by atoms with Gasteiger partial charge in [0, 0.05) is 11.8 Å². The van der Waals surface area contributed by atoms with Crippen molar-refractivity contribution in [1.82, 2.24) is 9.78 Å². The molecule has 0 atom stereocenters. The van der Waals surface area contributed by atoms with Gasteiger partial charge in [-0.1, -0.05) is 0 Å². The first-order valence-corrected chi connectivity index (χ1v) is 5.37. The zero-order valence-electron chi connectivity index (χ0n) is 9.99. The molecule has 7 heteroatoms. The van der Waals surface area contributed by atoms with E-state index in [-0.39, 0.29) is 5.56 Å². The van der Waals surface area contributed by atoms with Crippen LogP contribution in [0.15, 0.2) is 30.5 Å². The highest BCUT2D eigenvalue weighted by molar-refractivity contribution is 5.98. The fourth-order valence-electron chi connectivity index (χ4n) is 1.68. The van der Waals surface area contributed by atoms with Gasteiger partial charge in [0.1, 0.15) is 5.84 Å². The summed E-state index contributed by atoms with van der Waals surface area (Å²) in [7, 11) is 0. The maximum Gasteiger partial charge on any atom is 0.416 e. The molecule has 0 aliphatic heterocycles. The molecule has 2 rings (SSSR count). The maximum atomic E-state index is 12.6. The number of aromatic nitrogens is 2. The Morgan fingerprint density at radius 2 is 2.00 bits per heavy atom. The van der Waals surface area contributed by atoms with E-state index in [1.165, 1.54) is 10.7 Å². The summed E-state index contributed by atoms with van der Waals surface area (Å²) in [4.78, 5) is 0. The SMILES string of the molecule is Cc1ccn(-c2ccc(C(F)(F)F)cc2C(=N)N)n1. The zero-order chi connectivity index (χ0) is 14.2. The number of nitrogens with two attached hydrogens (primary N) is 1. The number of nitrogens with one attached hydrogen (secondary N) is 1. The number of nitrogens with zero attached hydrogens (tertiary/aromatic N) is 2. The molecule has 0 saturated carbocycles. The third kappa shape index (κ3) is 2.59. The second-order valence-electron chi connectivity index (χ2n) is 4.05. The van der Waals surface area contributed by atoms with Crippen molar-refractivity contribution in [3.8, 4) is 5.69 Å². The molecule has 19 heavy (non-hydrogen) atoms. The first-order valence-electron chi connectivity index (χ1n) is 5.37. The van der Waals surface area contributed by atoms with Crippen LogP contribution in [0, 0.1) is 12.3 Å². The highest BCUT2D eigenvalue weighted by Crippen LogP contribution is 2.31. The Kier molecular flexibility index (Phi) is 3.05. The standard InChI is InChI=1S/C12H11F3N4/c1-7-4-5-19(18-7)10-3-2-8(12(13,14)15)6-9(10)11(16)17/h2-6H,1H3,(H3,16,17). The summed E-state index contributed by atoms with van der Waals surface area (Å²) in [5, 5.41) is 11.5. The van der Waals surface area contributed by atoms with E-state index in [0.29, 0.717) is 5.69 Å². The van der Waals surface area contributed by atoms with Gasteiger partial charge in [-0.3, -0.25) is 5.41 Å². The van der Waals surface area contributed by atoms with Crippen LogP contribution in [0.25, 0.3) is 5.69 Å². The number of alkyl halides is 3. The lowest BCUT2D eigenvalue weighted by Crippen LogP contribution is -2.17. The topological polar surface area (TPSA) is 67.7 Å². The Balaban J connectivity index is 2.60. The van der Waals surface area contributed by atoms with E-state index in [2.05, 4.69) is 5.10 Å². The summed E-state index contributed by atoms with van der Waals surface area (Å²) in [5.74, 6) is -0.436. The lowest BCUT2D eigenvalue weighted by atomic mass is 10.1. The molecule has 0 bridgehead atoms. The molecule has 4 nitrogen and oxygen atoms in total. The first kappa shape index (κ1) is 13.1. The summed E-state index contributed by atoms with van der Waals surface area (Å²) in [6, 6.07) is 4.76. The van der Waals surface area contributed by atoms with Crippen molar-refractivity contribution in [1.29, 1.82) is 5.41 Å². The highest BCUT2D eigenvalue weighted by atomic mass is 19.4. The second kappa shape index (κ2) is 4.42. The quantitative estimate of drug-likeness (QED) is 0.649. The molecule has 0 radical (unpaired) electrons. The number of benzene rings is 1. The van der Waals surface area contributed by atoms with Gasteiger partial charge in [-0.05, 0) is 31.2 Å². The molecular weight excluding hydrogens is 257 g/mol. The lowest BCUT2D eigenvalue weighted by Gasteiger charge is -2.12. The molecule has 100 valence electrons. The minimum absolute atomic E-state index is 0.00192. The van der Waals surface area contributed by atoms with E-state index >= 15 is 0 Å². The van der Waals surface area contributed by atoms with Crippen LogP contribution >= 0.6 is 0 Å². The van der Waals surface area contributed by atoms with Crippen molar-refractivity contribution < 1.29 is 13.2 Å². The van der Waals surface area contributed by atoms with Crippen LogP contribution in [0.1, 0.15) is 16.8 Å². The third-order valence-electron chi connectivity index (χ3n) is 2.58. The van der Waals surface area contributed by atoms with Gasteiger partial charge in [0.25, 0.3) is 0 Å². The van der Waals surface area contributed by atoms with Crippen LogP contribution in [-0.2, 0) is 6.18 Å². The summed E-state index contributed by atoms with van der Waals surface area (Å²) in [5.41, 5.74) is 5.56. The molecule has 0 fully saturated rings. The molecular formula is C12H11F3N4. The molecule has 0 aliphatic rings. The number of halogens is 3. The van der Waals surface area contributed by atoms with E-state index in [9.17, 15) is 13.2 Å². The largest absolute Gasteiger partial charge is 0.416 e. The molecule has 2 aromatic rings. The molecule has 1 heterocycles. The van der Waals surface area contributed by atoms with Gasteiger partial charge >= 0.3 is 6.18 Å². The van der Waals surface area contributed by atoms with E-state index in [0.717, 1.165) is 17.8 Å². The number of aryl methyl sites for hydroxylation is 1. The van der Waals surface area contributed by atoms with Crippen LogP contribution in [0.3, 0.4) is 0 Å². The summed E-state index contributed by atoms with van der Waals surface area (Å²) in [6.45, 7) is 1.76. The smallest absolute Gasteiger partial charge is 0.384 e. The maximum absolute atomic E-state index is 12.6. The average Bonchev–Trinajstić information content (AvgIpc) is 2.73. The fraction of sp³-hybridized carbons (Fsp3) is 0.167. The molecule has 1 aromatic heterocycles. The Morgan fingerprint density at radius 3 is 2.47 bits per heavy atom. The molecule has 0 aliphatic carbocycles. The van der Waals surface area contributed by atoms with Crippen LogP contribution in [0.2, 0.25) is 0 Å². The van der Waals surface area contributed by atoms with Crippen molar-refractivity contribution in [2.24, 2.45) is 5.73 Å². The predicted molar refractivity (Wildman–Crippen MR) is 64.3 cm³/mol. The molecule has 0 saturated heterocycles. The Hall–Kier alpha value is -2.31. The minimum Gasteiger partial charge on any atom is -0.384 e. The molecule has 1 aromatic carbocycles. The molecule has 3 N–H and O–H groups in total. The van der Waals surface area contributed by atoms with Crippen molar-refractivity contribution in [3.63, 3.8) is 0 Å². The van der Waals surface area contributed by atoms with Gasteiger partial charge in [0.2, 0.25) is 0 Å². The third-order valence-corrected chi connectivity index (χ3v) is 2.58. The lowest BCUT2D eigenvalue weighted by molar-refractivity contribution is -0.137. The van der Waals surface area contributed by atoms with Gasteiger partial charge in [0.05, 0.1) is 16.9 Å². The van der Waals surface area contributed by atoms with Gasteiger partial charge in [-0.15, -0.1) is 0 Å². The number of rotatable bonds is 2. The number of nitrogen functional groups attached to an aromatic ring is 1. The van der Waals surface area contributed by atoms with Crippen LogP contribution in [-0.4, -0.2) is 15.6 Å². The van der Waals surface area contributed by atoms with Gasteiger partial charge in [-0.2, -0.15) is 18.3 Å². The first-order chi connectivity index (χ1) is 8.79. The van der Waals surface area contributed by atoms with Crippen molar-refractivity contribution in [2.75, 3.05) is 0 Å². The second-order valence-corrected chi connectivity index (χ2v) is 4.05. The Morgan fingerprint density at radius 1 is 1.32 bits per heavy atom. The highest BCUT2D eigenvalue weighted by Gasteiger charge is 2.31. The van der Waals surface area contributed by atoms with Crippen molar-refractivity contribution in [3.05, 3.63) is 47.3 Å². The van der Waals surface area contributed by atoms with E-state index in [4.69, 9.17) is 11.1 Å². The molecule has 0 amide bonds. The Labute approximate surface area is 107 Å². The summed E-state index contributed by atoms with van der Waals surface area (Å²) < 4.78 is 39.3. The van der Waals surface area contributed by atoms with Gasteiger partial charge in [-0.25, -0.2) is 4.68 Å². The fourth-order valence-corrected chi connectivity index (χ4v) is 1.68. The monoisotopic (exact) mass is 268 g/mol. The van der Waals surface area contributed by atoms with Gasteiger partial charge in [0.15, 0.2) is 0 Å². The summed E-state index contributed by atoms with van der Waals surface area (Å²) >= 11 is 0. The average molecular weight is 268 g/mol. The predicted octanol–water partition coefficient (Wildman–Crippen LogP) is 2.48. The van der Waals surface area contributed by atoms with E-state index in [1.54, 1.807) is 19.2 Å². The number of amidine groups is 1. The van der Waals surface area contributed by atoms with Crippen LogP contribution in [0.5, 0.6) is 0 Å². The Bertz CT molecular complexity index is 628. The molecule has 0 spiro atoms. The normalized spacial score (nSPS) is 11.6. The molecule has 0 unspecified atom stereocenters. The summed E-state index contributed by atoms with van der Waals surface area (Å²) in [6.07, 6.45) is -2.87. The van der Waals surface area contributed by atoms with Crippen molar-refractivity contribution in [2.45, 2.75) is 13.1 Å². The van der Waals surface area contributed by atoms with Crippen LogP contribution in [0.4, 0.5) is 13.2 Å². The van der Waals surface area contributed by atoms with Gasteiger partial charge < -0.3 is 5.73 Å². The minimum atomic E-state index is -4.47.